The Morgan fingerprint density at radius 1 is 1.47 bits per heavy atom. The Bertz CT molecular complexity index is 486. The van der Waals surface area contributed by atoms with Crippen LogP contribution < -0.4 is 5.32 Å². The molecule has 15 heavy (non-hydrogen) atoms. The predicted octanol–water partition coefficient (Wildman–Crippen LogP) is 1.61. The van der Waals surface area contributed by atoms with E-state index in [1.807, 2.05) is 12.1 Å². The van der Waals surface area contributed by atoms with Gasteiger partial charge in [-0.05, 0) is 19.0 Å². The summed E-state index contributed by atoms with van der Waals surface area (Å²) < 4.78 is 5.13. The lowest BCUT2D eigenvalue weighted by Crippen LogP contribution is -2.08. The first-order chi connectivity index (χ1) is 7.36. The van der Waals surface area contributed by atoms with Gasteiger partial charge in [-0.1, -0.05) is 6.07 Å². The van der Waals surface area contributed by atoms with Gasteiger partial charge in [-0.25, -0.2) is 4.98 Å². The molecule has 0 spiro atoms. The number of rotatable bonds is 1. The van der Waals surface area contributed by atoms with Gasteiger partial charge in [0.2, 0.25) is 0 Å². The fraction of sp³-hybridized carbons (Fsp3) is 0.364. The molecule has 0 amide bonds. The quantitative estimate of drug-likeness (QED) is 0.741. The fourth-order valence-corrected chi connectivity index (χ4v) is 2.18. The number of oxazole rings is 1. The van der Waals surface area contributed by atoms with Crippen LogP contribution in [0.4, 0.5) is 0 Å². The number of aromatic hydroxyl groups is 1. The van der Waals surface area contributed by atoms with Gasteiger partial charge in [0.25, 0.3) is 0 Å². The van der Waals surface area contributed by atoms with E-state index in [4.69, 9.17) is 4.42 Å². The number of nitrogens with one attached hydrogen (secondary N) is 1. The van der Waals surface area contributed by atoms with E-state index in [0.717, 1.165) is 25.1 Å². The molecule has 0 radical (unpaired) electrons. The molecule has 1 aliphatic rings. The average Bonchev–Trinajstić information content (AvgIpc) is 2.87. The van der Waals surface area contributed by atoms with E-state index in [9.17, 15) is 5.11 Å². The van der Waals surface area contributed by atoms with E-state index in [1.54, 1.807) is 0 Å². The molecule has 1 atom stereocenters. The maximum Gasteiger partial charge on any atom is 0.182 e. The average molecular weight is 204 g/mol. The zero-order valence-corrected chi connectivity index (χ0v) is 8.23. The molecule has 1 unspecified atom stereocenters. The van der Waals surface area contributed by atoms with Crippen molar-refractivity contribution < 1.29 is 9.52 Å². The van der Waals surface area contributed by atoms with Gasteiger partial charge in [-0.3, -0.25) is 0 Å². The molecule has 1 aromatic heterocycles. The molecule has 1 fully saturated rings. The van der Waals surface area contributed by atoms with Crippen LogP contribution in [0.1, 0.15) is 17.9 Å². The molecule has 4 heteroatoms. The summed E-state index contributed by atoms with van der Waals surface area (Å²) in [4.78, 5) is 4.01. The second kappa shape index (κ2) is 3.24. The van der Waals surface area contributed by atoms with Crippen LogP contribution in [-0.2, 0) is 0 Å². The highest BCUT2D eigenvalue weighted by Gasteiger charge is 2.21. The van der Waals surface area contributed by atoms with E-state index < -0.39 is 0 Å². The number of benzene rings is 1. The summed E-state index contributed by atoms with van der Waals surface area (Å²) in [7, 11) is 0. The number of hydrogen-bond acceptors (Lipinski definition) is 4. The Hall–Kier alpha value is -1.55. The van der Waals surface area contributed by atoms with Crippen molar-refractivity contribution in [2.75, 3.05) is 13.1 Å². The van der Waals surface area contributed by atoms with Gasteiger partial charge in [-0.2, -0.15) is 0 Å². The van der Waals surface area contributed by atoms with Gasteiger partial charge < -0.3 is 14.8 Å². The summed E-state index contributed by atoms with van der Waals surface area (Å²) >= 11 is 0. The van der Waals surface area contributed by atoms with Crippen LogP contribution in [0, 0.1) is 0 Å². The van der Waals surface area contributed by atoms with Crippen LogP contribution in [0.2, 0.25) is 0 Å². The fourth-order valence-electron chi connectivity index (χ4n) is 2.18. The van der Waals surface area contributed by atoms with E-state index >= 15 is 0 Å². The molecule has 0 aliphatic carbocycles. The molecule has 0 bridgehead atoms. The van der Waals surface area contributed by atoms with Crippen LogP contribution in [-0.4, -0.2) is 23.2 Å². The van der Waals surface area contributed by atoms with E-state index in [-0.39, 0.29) is 5.75 Å². The summed E-state index contributed by atoms with van der Waals surface area (Å²) in [6.45, 7) is 1.94. The highest BCUT2D eigenvalue weighted by atomic mass is 16.3. The minimum atomic E-state index is 0.273. The SMILES string of the molecule is Oc1c(C2CCNC2)ccc2ocnc12. The number of aromatic nitrogens is 1. The minimum absolute atomic E-state index is 0.273. The Balaban J connectivity index is 2.13. The summed E-state index contributed by atoms with van der Waals surface area (Å²) in [5, 5.41) is 13.3. The van der Waals surface area contributed by atoms with Crippen molar-refractivity contribution >= 4 is 11.1 Å². The lowest BCUT2D eigenvalue weighted by atomic mass is 9.97. The molecule has 4 nitrogen and oxygen atoms in total. The molecule has 2 N–H and O–H groups in total. The molecule has 3 rings (SSSR count). The van der Waals surface area contributed by atoms with Crippen LogP contribution in [0.25, 0.3) is 11.1 Å². The smallest absolute Gasteiger partial charge is 0.182 e. The molecule has 1 aromatic carbocycles. The molecule has 2 aromatic rings. The zero-order valence-electron chi connectivity index (χ0n) is 8.23. The van der Waals surface area contributed by atoms with Gasteiger partial charge in [0.15, 0.2) is 17.5 Å². The van der Waals surface area contributed by atoms with Crippen molar-refractivity contribution in [3.63, 3.8) is 0 Å². The molecule has 1 saturated heterocycles. The largest absolute Gasteiger partial charge is 0.505 e. The summed E-state index contributed by atoms with van der Waals surface area (Å²) in [6.07, 6.45) is 2.43. The predicted molar refractivity (Wildman–Crippen MR) is 55.9 cm³/mol. The summed E-state index contributed by atoms with van der Waals surface area (Å²) in [6, 6.07) is 3.80. The topological polar surface area (TPSA) is 58.3 Å². The van der Waals surface area contributed by atoms with Gasteiger partial charge in [0.1, 0.15) is 5.75 Å². The van der Waals surface area contributed by atoms with Gasteiger partial charge in [0.05, 0.1) is 0 Å². The standard InChI is InChI=1S/C11H12N2O2/c14-11-8(7-3-4-12-5-7)1-2-9-10(11)13-6-15-9/h1-2,6-7,12,14H,3-5H2. The highest BCUT2D eigenvalue weighted by molar-refractivity contribution is 5.80. The number of phenolic OH excluding ortho intramolecular Hbond substituents is 1. The minimum Gasteiger partial charge on any atom is -0.505 e. The Morgan fingerprint density at radius 3 is 3.20 bits per heavy atom. The molecule has 78 valence electrons. The van der Waals surface area contributed by atoms with E-state index in [1.165, 1.54) is 6.39 Å². The van der Waals surface area contributed by atoms with Crippen LogP contribution in [0.15, 0.2) is 22.9 Å². The second-order valence-electron chi connectivity index (χ2n) is 3.89. The number of fused-ring (bicyclic) bond motifs is 1. The van der Waals surface area contributed by atoms with Gasteiger partial charge in [0, 0.05) is 18.0 Å². The Morgan fingerprint density at radius 2 is 2.40 bits per heavy atom. The lowest BCUT2D eigenvalue weighted by molar-refractivity contribution is 0.468. The first-order valence-corrected chi connectivity index (χ1v) is 5.12. The van der Waals surface area contributed by atoms with Crippen molar-refractivity contribution in [3.05, 3.63) is 24.1 Å². The molecule has 0 saturated carbocycles. The highest BCUT2D eigenvalue weighted by Crippen LogP contribution is 2.34. The third-order valence-electron chi connectivity index (χ3n) is 3.01. The van der Waals surface area contributed by atoms with Crippen molar-refractivity contribution in [1.29, 1.82) is 0 Å². The van der Waals surface area contributed by atoms with Crippen LogP contribution in [0.3, 0.4) is 0 Å². The monoisotopic (exact) mass is 204 g/mol. The maximum atomic E-state index is 10.0. The van der Waals surface area contributed by atoms with Crippen LogP contribution in [0.5, 0.6) is 5.75 Å². The van der Waals surface area contributed by atoms with Crippen LogP contribution >= 0.6 is 0 Å². The first-order valence-electron chi connectivity index (χ1n) is 5.12. The molecule has 2 heterocycles. The summed E-state index contributed by atoms with van der Waals surface area (Å²) in [5.74, 6) is 0.668. The number of nitrogens with zero attached hydrogens (tertiary/aromatic N) is 1. The Labute approximate surface area is 86.9 Å². The molecular formula is C11H12N2O2. The Kier molecular flexibility index (Phi) is 1.89. The number of phenols is 1. The lowest BCUT2D eigenvalue weighted by Gasteiger charge is -2.10. The number of hydrogen-bond donors (Lipinski definition) is 2. The maximum absolute atomic E-state index is 10.0. The first kappa shape index (κ1) is 8.73. The molecular weight excluding hydrogens is 192 g/mol. The van der Waals surface area contributed by atoms with Crippen molar-refractivity contribution in [1.82, 2.24) is 10.3 Å². The van der Waals surface area contributed by atoms with E-state index in [2.05, 4.69) is 10.3 Å². The van der Waals surface area contributed by atoms with Crippen molar-refractivity contribution in [3.8, 4) is 5.75 Å². The second-order valence-corrected chi connectivity index (χ2v) is 3.89. The van der Waals surface area contributed by atoms with E-state index in [0.29, 0.717) is 17.0 Å². The van der Waals surface area contributed by atoms with Gasteiger partial charge in [-0.15, -0.1) is 0 Å². The van der Waals surface area contributed by atoms with Crippen molar-refractivity contribution in [2.45, 2.75) is 12.3 Å². The van der Waals surface area contributed by atoms with Crippen molar-refractivity contribution in [2.24, 2.45) is 0 Å². The third kappa shape index (κ3) is 1.29. The van der Waals surface area contributed by atoms with Gasteiger partial charge >= 0.3 is 0 Å². The summed E-state index contributed by atoms with van der Waals surface area (Å²) in [5.41, 5.74) is 2.18. The third-order valence-corrected chi connectivity index (χ3v) is 3.01. The normalized spacial score (nSPS) is 21.2. The zero-order chi connectivity index (χ0) is 10.3. The molecule has 1 aliphatic heterocycles.